The summed E-state index contributed by atoms with van der Waals surface area (Å²) in [6.45, 7) is 3.96. The van der Waals surface area contributed by atoms with Crippen LogP contribution >= 0.6 is 0 Å². The van der Waals surface area contributed by atoms with Crippen molar-refractivity contribution >= 4 is 11.8 Å². The summed E-state index contributed by atoms with van der Waals surface area (Å²) in [6, 6.07) is 17.2. The van der Waals surface area contributed by atoms with Gasteiger partial charge in [-0.25, -0.2) is 4.79 Å². The maximum absolute atomic E-state index is 11.6. The summed E-state index contributed by atoms with van der Waals surface area (Å²) >= 11 is 0. The Balaban J connectivity index is 1.83. The number of rotatable bonds is 5. The second kappa shape index (κ2) is 7.14. The lowest BCUT2D eigenvalue weighted by molar-refractivity contribution is 0.155. The molecule has 0 spiro atoms. The highest BCUT2D eigenvalue weighted by Crippen LogP contribution is 2.11. The monoisotopic (exact) mass is 267 g/mol. The van der Waals surface area contributed by atoms with Crippen molar-refractivity contribution in [1.29, 1.82) is 0 Å². The van der Waals surface area contributed by atoms with Crippen LogP contribution in [0.5, 0.6) is 0 Å². The smallest absolute Gasteiger partial charge is 0.411 e. The molecule has 0 atom stereocenters. The average Bonchev–Trinajstić information content (AvgIpc) is 2.49. The van der Waals surface area contributed by atoms with E-state index in [1.807, 2.05) is 60.7 Å². The summed E-state index contributed by atoms with van der Waals surface area (Å²) in [5.74, 6) is 0. The molecule has 0 aliphatic carbocycles. The van der Waals surface area contributed by atoms with E-state index >= 15 is 0 Å². The lowest BCUT2D eigenvalue weighted by atomic mass is 10.1. The molecular weight excluding hydrogens is 250 g/mol. The van der Waals surface area contributed by atoms with Crippen molar-refractivity contribution in [3.63, 3.8) is 0 Å². The van der Waals surface area contributed by atoms with Crippen LogP contribution in [0.2, 0.25) is 0 Å². The Morgan fingerprint density at radius 2 is 1.75 bits per heavy atom. The minimum absolute atomic E-state index is 0.265. The quantitative estimate of drug-likeness (QED) is 0.826. The van der Waals surface area contributed by atoms with Gasteiger partial charge in [-0.3, -0.25) is 5.32 Å². The standard InChI is InChI=1S/C17H17NO2/c1-2-6-14-9-11-16(12-10-14)18-17(19)20-13-15-7-4-3-5-8-15/h2-5,7-12H,1,6,13H2,(H,18,19). The fourth-order valence-electron chi connectivity index (χ4n) is 1.77. The second-order valence-electron chi connectivity index (χ2n) is 4.38. The summed E-state index contributed by atoms with van der Waals surface area (Å²) in [7, 11) is 0. The highest BCUT2D eigenvalue weighted by molar-refractivity contribution is 5.84. The van der Waals surface area contributed by atoms with Gasteiger partial charge >= 0.3 is 6.09 Å². The van der Waals surface area contributed by atoms with Crippen LogP contribution in [0, 0.1) is 0 Å². The first-order valence-electron chi connectivity index (χ1n) is 6.45. The molecule has 0 fully saturated rings. The molecule has 0 radical (unpaired) electrons. The summed E-state index contributed by atoms with van der Waals surface area (Å²) in [6.07, 6.45) is 2.21. The Labute approximate surface area is 118 Å². The van der Waals surface area contributed by atoms with Crippen molar-refractivity contribution in [3.05, 3.63) is 78.4 Å². The van der Waals surface area contributed by atoms with Crippen LogP contribution in [0.4, 0.5) is 10.5 Å². The molecular formula is C17H17NO2. The van der Waals surface area contributed by atoms with Gasteiger partial charge in [0.2, 0.25) is 0 Å². The number of ether oxygens (including phenoxy) is 1. The van der Waals surface area contributed by atoms with Gasteiger partial charge in [-0.05, 0) is 29.7 Å². The average molecular weight is 267 g/mol. The van der Waals surface area contributed by atoms with E-state index in [1.165, 1.54) is 0 Å². The molecule has 0 heterocycles. The molecule has 2 aromatic carbocycles. The van der Waals surface area contributed by atoms with Crippen LogP contribution in [0.15, 0.2) is 67.3 Å². The van der Waals surface area contributed by atoms with E-state index in [-0.39, 0.29) is 6.61 Å². The van der Waals surface area contributed by atoms with Crippen molar-refractivity contribution in [2.24, 2.45) is 0 Å². The number of hydrogen-bond acceptors (Lipinski definition) is 2. The van der Waals surface area contributed by atoms with Crippen molar-refractivity contribution in [2.75, 3.05) is 5.32 Å². The number of benzene rings is 2. The molecule has 2 aromatic rings. The molecule has 0 aromatic heterocycles. The van der Waals surface area contributed by atoms with Gasteiger partial charge in [-0.1, -0.05) is 48.5 Å². The Morgan fingerprint density at radius 3 is 2.40 bits per heavy atom. The summed E-state index contributed by atoms with van der Waals surface area (Å²) < 4.78 is 5.14. The third-order valence-corrected chi connectivity index (χ3v) is 2.79. The van der Waals surface area contributed by atoms with Crippen LogP contribution in [0.25, 0.3) is 0 Å². The fraction of sp³-hybridized carbons (Fsp3) is 0.118. The number of amides is 1. The highest BCUT2D eigenvalue weighted by atomic mass is 16.5. The first kappa shape index (κ1) is 13.9. The van der Waals surface area contributed by atoms with Crippen molar-refractivity contribution in [3.8, 4) is 0 Å². The lowest BCUT2D eigenvalue weighted by Gasteiger charge is -2.07. The van der Waals surface area contributed by atoms with E-state index in [0.29, 0.717) is 0 Å². The van der Waals surface area contributed by atoms with Crippen LogP contribution in [0.3, 0.4) is 0 Å². The van der Waals surface area contributed by atoms with E-state index in [1.54, 1.807) is 0 Å². The van der Waals surface area contributed by atoms with Crippen LogP contribution in [-0.4, -0.2) is 6.09 Å². The van der Waals surface area contributed by atoms with E-state index in [9.17, 15) is 4.79 Å². The molecule has 0 unspecified atom stereocenters. The van der Waals surface area contributed by atoms with E-state index < -0.39 is 6.09 Å². The van der Waals surface area contributed by atoms with Crippen LogP contribution in [-0.2, 0) is 17.8 Å². The number of nitrogens with one attached hydrogen (secondary N) is 1. The number of carbonyl (C=O) groups is 1. The topological polar surface area (TPSA) is 38.3 Å². The van der Waals surface area contributed by atoms with Crippen LogP contribution < -0.4 is 5.32 Å². The lowest BCUT2D eigenvalue weighted by Crippen LogP contribution is -2.13. The largest absolute Gasteiger partial charge is 0.444 e. The number of carbonyl (C=O) groups excluding carboxylic acids is 1. The molecule has 1 N–H and O–H groups in total. The van der Waals surface area contributed by atoms with E-state index in [4.69, 9.17) is 4.74 Å². The number of anilines is 1. The maximum Gasteiger partial charge on any atom is 0.411 e. The molecule has 3 heteroatoms. The fourth-order valence-corrected chi connectivity index (χ4v) is 1.77. The van der Waals surface area contributed by atoms with Crippen LogP contribution in [0.1, 0.15) is 11.1 Å². The molecule has 20 heavy (non-hydrogen) atoms. The maximum atomic E-state index is 11.6. The minimum atomic E-state index is -0.453. The van der Waals surface area contributed by atoms with Crippen molar-refractivity contribution in [1.82, 2.24) is 0 Å². The third kappa shape index (κ3) is 4.28. The predicted octanol–water partition coefficient (Wildman–Crippen LogP) is 4.16. The first-order valence-corrected chi connectivity index (χ1v) is 6.45. The van der Waals surface area contributed by atoms with Gasteiger partial charge in [-0.15, -0.1) is 6.58 Å². The van der Waals surface area contributed by atoms with Crippen molar-refractivity contribution < 1.29 is 9.53 Å². The Bertz CT molecular complexity index is 561. The number of allylic oxidation sites excluding steroid dienone is 1. The highest BCUT2D eigenvalue weighted by Gasteiger charge is 2.03. The summed E-state index contributed by atoms with van der Waals surface area (Å²) in [5, 5.41) is 2.69. The van der Waals surface area contributed by atoms with Gasteiger partial charge in [-0.2, -0.15) is 0 Å². The molecule has 0 saturated heterocycles. The molecule has 2 rings (SSSR count). The van der Waals surface area contributed by atoms with Gasteiger partial charge in [0.25, 0.3) is 0 Å². The SMILES string of the molecule is C=CCc1ccc(NC(=O)OCc2ccccc2)cc1. The third-order valence-electron chi connectivity index (χ3n) is 2.79. The van der Waals surface area contributed by atoms with Gasteiger partial charge < -0.3 is 4.74 Å². The second-order valence-corrected chi connectivity index (χ2v) is 4.38. The zero-order valence-corrected chi connectivity index (χ0v) is 11.2. The zero-order chi connectivity index (χ0) is 14.2. The summed E-state index contributed by atoms with van der Waals surface area (Å²) in [4.78, 5) is 11.6. The summed E-state index contributed by atoms with van der Waals surface area (Å²) in [5.41, 5.74) is 2.84. The Hall–Kier alpha value is -2.55. The van der Waals surface area contributed by atoms with Gasteiger partial charge in [0.15, 0.2) is 0 Å². The molecule has 0 saturated carbocycles. The molecule has 0 bridgehead atoms. The molecule has 0 aliphatic heterocycles. The molecule has 102 valence electrons. The van der Waals surface area contributed by atoms with E-state index in [2.05, 4.69) is 11.9 Å². The molecule has 3 nitrogen and oxygen atoms in total. The number of hydrogen-bond donors (Lipinski definition) is 1. The zero-order valence-electron chi connectivity index (χ0n) is 11.2. The first-order chi connectivity index (χ1) is 9.78. The van der Waals surface area contributed by atoms with E-state index in [0.717, 1.165) is 23.2 Å². The Kier molecular flexibility index (Phi) is 4.95. The predicted molar refractivity (Wildman–Crippen MR) is 80.6 cm³/mol. The van der Waals surface area contributed by atoms with Gasteiger partial charge in [0, 0.05) is 5.69 Å². The van der Waals surface area contributed by atoms with Gasteiger partial charge in [0.05, 0.1) is 0 Å². The molecule has 1 amide bonds. The Morgan fingerprint density at radius 1 is 1.05 bits per heavy atom. The normalized spacial score (nSPS) is 9.80. The van der Waals surface area contributed by atoms with Gasteiger partial charge in [0.1, 0.15) is 6.61 Å². The van der Waals surface area contributed by atoms with Crippen molar-refractivity contribution in [2.45, 2.75) is 13.0 Å². The molecule has 0 aliphatic rings. The minimum Gasteiger partial charge on any atom is -0.444 e.